The molecule has 0 saturated carbocycles. The number of carbonyl (C=O) groups excluding carboxylic acids is 1. The van der Waals surface area contributed by atoms with Gasteiger partial charge in [-0.25, -0.2) is 0 Å². The fourth-order valence-electron chi connectivity index (χ4n) is 1.94. The minimum absolute atomic E-state index is 0.188. The highest BCUT2D eigenvalue weighted by Gasteiger charge is 2.04. The number of hydrogen-bond acceptors (Lipinski definition) is 2. The molecule has 0 aliphatic heterocycles. The zero-order valence-corrected chi connectivity index (χ0v) is 15.4. The average molecular weight is 425 g/mol. The van der Waals surface area contributed by atoms with Crippen LogP contribution >= 0.6 is 31.9 Å². The molecule has 0 atom stereocenters. The van der Waals surface area contributed by atoms with Crippen LogP contribution in [0.2, 0.25) is 0 Å². The second-order valence-corrected chi connectivity index (χ2v) is 6.50. The fourth-order valence-corrected chi connectivity index (χ4v) is 2.80. The lowest BCUT2D eigenvalue weighted by atomic mass is 10.1. The highest BCUT2D eigenvalue weighted by Crippen LogP contribution is 2.24. The number of ether oxygens (including phenoxy) is 1. The first-order valence-corrected chi connectivity index (χ1v) is 8.17. The van der Waals surface area contributed by atoms with Gasteiger partial charge in [0.2, 0.25) is 5.91 Å². The van der Waals surface area contributed by atoms with Crippen LogP contribution < -0.4 is 10.1 Å². The van der Waals surface area contributed by atoms with Gasteiger partial charge in [0.1, 0.15) is 5.75 Å². The van der Waals surface area contributed by atoms with Crippen molar-refractivity contribution in [2.45, 2.75) is 6.92 Å². The largest absolute Gasteiger partial charge is 0.496 e. The molecular formula is C17H15Br2NO2. The van der Waals surface area contributed by atoms with Crippen LogP contribution in [0.25, 0.3) is 6.08 Å². The third-order valence-electron chi connectivity index (χ3n) is 3.05. The molecule has 0 aliphatic carbocycles. The third-order valence-corrected chi connectivity index (χ3v) is 4.04. The van der Waals surface area contributed by atoms with Crippen LogP contribution in [0.1, 0.15) is 11.1 Å². The first kappa shape index (κ1) is 16.8. The summed E-state index contributed by atoms with van der Waals surface area (Å²) in [5.41, 5.74) is 2.62. The van der Waals surface area contributed by atoms with Crippen molar-refractivity contribution >= 4 is 49.5 Å². The molecule has 1 amide bonds. The minimum atomic E-state index is -0.188. The monoisotopic (exact) mass is 423 g/mol. The van der Waals surface area contributed by atoms with Crippen LogP contribution in [0.15, 0.2) is 51.4 Å². The Labute approximate surface area is 146 Å². The standard InChI is InChI=1S/C17H15Br2NO2/c1-11-9-13(18)4-6-15(11)20-17(21)8-3-12-10-14(19)5-7-16(12)22-2/h3-10H,1-2H3,(H,20,21). The van der Waals surface area contributed by atoms with E-state index in [0.29, 0.717) is 5.75 Å². The summed E-state index contributed by atoms with van der Waals surface area (Å²) >= 11 is 6.81. The maximum Gasteiger partial charge on any atom is 0.248 e. The molecular weight excluding hydrogens is 410 g/mol. The fraction of sp³-hybridized carbons (Fsp3) is 0.118. The maximum atomic E-state index is 12.0. The van der Waals surface area contributed by atoms with Gasteiger partial charge in [0.15, 0.2) is 0 Å². The Hall–Kier alpha value is -1.59. The molecule has 0 unspecified atom stereocenters. The molecule has 1 N–H and O–H groups in total. The lowest BCUT2D eigenvalue weighted by Crippen LogP contribution is -2.08. The van der Waals surface area contributed by atoms with Crippen LogP contribution in [0.4, 0.5) is 5.69 Å². The summed E-state index contributed by atoms with van der Waals surface area (Å²) in [7, 11) is 1.60. The maximum absolute atomic E-state index is 12.0. The van der Waals surface area contributed by atoms with Gasteiger partial charge in [-0.2, -0.15) is 0 Å². The molecule has 3 nitrogen and oxygen atoms in total. The van der Waals surface area contributed by atoms with E-state index in [-0.39, 0.29) is 5.91 Å². The molecule has 0 radical (unpaired) electrons. The summed E-state index contributed by atoms with van der Waals surface area (Å²) in [5, 5.41) is 2.86. The molecule has 114 valence electrons. The molecule has 0 bridgehead atoms. The van der Waals surface area contributed by atoms with Gasteiger partial charge in [-0.1, -0.05) is 31.9 Å². The van der Waals surface area contributed by atoms with E-state index < -0.39 is 0 Å². The number of hydrogen-bond donors (Lipinski definition) is 1. The van der Waals surface area contributed by atoms with Crippen LogP contribution in [0.5, 0.6) is 5.75 Å². The molecule has 5 heteroatoms. The summed E-state index contributed by atoms with van der Waals surface area (Å²) in [6.07, 6.45) is 3.22. The minimum Gasteiger partial charge on any atom is -0.496 e. The highest BCUT2D eigenvalue weighted by molar-refractivity contribution is 9.10. The summed E-state index contributed by atoms with van der Waals surface area (Å²) in [6, 6.07) is 11.3. The van der Waals surface area contributed by atoms with Crippen molar-refractivity contribution in [1.82, 2.24) is 0 Å². The average Bonchev–Trinajstić information content (AvgIpc) is 2.48. The van der Waals surface area contributed by atoms with Gasteiger partial charge in [0.25, 0.3) is 0 Å². The number of amides is 1. The Morgan fingerprint density at radius 3 is 2.50 bits per heavy atom. The normalized spacial score (nSPS) is 10.7. The zero-order valence-electron chi connectivity index (χ0n) is 12.2. The number of aryl methyl sites for hydroxylation is 1. The van der Waals surface area contributed by atoms with Crippen molar-refractivity contribution in [2.75, 3.05) is 12.4 Å². The Morgan fingerprint density at radius 1 is 1.14 bits per heavy atom. The molecule has 2 aromatic carbocycles. The molecule has 0 spiro atoms. The topological polar surface area (TPSA) is 38.3 Å². The quantitative estimate of drug-likeness (QED) is 0.686. The Morgan fingerprint density at radius 2 is 1.82 bits per heavy atom. The zero-order chi connectivity index (χ0) is 16.1. The number of anilines is 1. The smallest absolute Gasteiger partial charge is 0.248 e. The summed E-state index contributed by atoms with van der Waals surface area (Å²) in [4.78, 5) is 12.0. The number of nitrogens with one attached hydrogen (secondary N) is 1. The molecule has 0 aromatic heterocycles. The summed E-state index contributed by atoms with van der Waals surface area (Å²) in [5.74, 6) is 0.527. The van der Waals surface area contributed by atoms with E-state index in [9.17, 15) is 4.79 Å². The molecule has 2 rings (SSSR count). The van der Waals surface area contributed by atoms with Crippen molar-refractivity contribution in [1.29, 1.82) is 0 Å². The lowest BCUT2D eigenvalue weighted by molar-refractivity contribution is -0.111. The van der Waals surface area contributed by atoms with E-state index in [1.165, 1.54) is 6.08 Å². The Balaban J connectivity index is 2.13. The van der Waals surface area contributed by atoms with Gasteiger partial charge in [0.05, 0.1) is 7.11 Å². The van der Waals surface area contributed by atoms with Gasteiger partial charge >= 0.3 is 0 Å². The van der Waals surface area contributed by atoms with Crippen LogP contribution in [-0.2, 0) is 4.79 Å². The first-order chi connectivity index (χ1) is 10.5. The van der Waals surface area contributed by atoms with Crippen molar-refractivity contribution in [2.24, 2.45) is 0 Å². The van der Waals surface area contributed by atoms with Gasteiger partial charge in [0, 0.05) is 26.3 Å². The van der Waals surface area contributed by atoms with E-state index in [0.717, 1.165) is 25.8 Å². The molecule has 2 aromatic rings. The van der Waals surface area contributed by atoms with E-state index >= 15 is 0 Å². The predicted octanol–water partition coefficient (Wildman–Crippen LogP) is 5.18. The second-order valence-electron chi connectivity index (χ2n) is 4.67. The van der Waals surface area contributed by atoms with Crippen molar-refractivity contribution in [3.05, 3.63) is 62.5 Å². The van der Waals surface area contributed by atoms with E-state index in [1.54, 1.807) is 13.2 Å². The van der Waals surface area contributed by atoms with E-state index in [1.807, 2.05) is 43.3 Å². The number of halogens is 2. The van der Waals surface area contributed by atoms with E-state index in [2.05, 4.69) is 37.2 Å². The second kappa shape index (κ2) is 7.61. The van der Waals surface area contributed by atoms with Crippen LogP contribution in [0, 0.1) is 6.92 Å². The Bertz CT molecular complexity index is 727. The van der Waals surface area contributed by atoms with Crippen molar-refractivity contribution in [3.8, 4) is 5.75 Å². The first-order valence-electron chi connectivity index (χ1n) is 6.58. The molecule has 22 heavy (non-hydrogen) atoms. The van der Waals surface area contributed by atoms with Gasteiger partial charge in [-0.05, 0) is 55.0 Å². The molecule has 0 heterocycles. The summed E-state index contributed by atoms with van der Waals surface area (Å²) < 4.78 is 7.19. The van der Waals surface area contributed by atoms with E-state index in [4.69, 9.17) is 4.74 Å². The highest BCUT2D eigenvalue weighted by atomic mass is 79.9. The number of rotatable bonds is 4. The number of methoxy groups -OCH3 is 1. The third kappa shape index (κ3) is 4.45. The van der Waals surface area contributed by atoms with Crippen LogP contribution in [0.3, 0.4) is 0 Å². The van der Waals surface area contributed by atoms with Gasteiger partial charge in [-0.3, -0.25) is 4.79 Å². The SMILES string of the molecule is COc1ccc(Br)cc1C=CC(=O)Nc1ccc(Br)cc1C. The van der Waals surface area contributed by atoms with Gasteiger partial charge < -0.3 is 10.1 Å². The molecule has 0 fully saturated rings. The Kier molecular flexibility index (Phi) is 5.80. The van der Waals surface area contributed by atoms with Crippen molar-refractivity contribution < 1.29 is 9.53 Å². The number of benzene rings is 2. The molecule has 0 aliphatic rings. The molecule has 0 saturated heterocycles. The van der Waals surface area contributed by atoms with Crippen LogP contribution in [-0.4, -0.2) is 13.0 Å². The van der Waals surface area contributed by atoms with Gasteiger partial charge in [-0.15, -0.1) is 0 Å². The summed E-state index contributed by atoms with van der Waals surface area (Å²) in [6.45, 7) is 1.95. The predicted molar refractivity (Wildman–Crippen MR) is 97.2 cm³/mol. The lowest BCUT2D eigenvalue weighted by Gasteiger charge is -2.07. The van der Waals surface area contributed by atoms with Crippen molar-refractivity contribution in [3.63, 3.8) is 0 Å². The number of carbonyl (C=O) groups is 1.